The molecule has 1 aliphatic rings. The highest BCUT2D eigenvalue weighted by molar-refractivity contribution is 6.30. The van der Waals surface area contributed by atoms with Crippen LogP contribution in [0.3, 0.4) is 0 Å². The van der Waals surface area contributed by atoms with Gasteiger partial charge >= 0.3 is 6.03 Å². The minimum absolute atomic E-state index is 0.0988. The lowest BCUT2D eigenvalue weighted by Gasteiger charge is -2.25. The number of hydrazone groups is 1. The summed E-state index contributed by atoms with van der Waals surface area (Å²) >= 11 is 5.94. The first-order valence-corrected chi connectivity index (χ1v) is 11.0. The van der Waals surface area contributed by atoms with E-state index in [1.165, 1.54) is 0 Å². The molecule has 3 aromatic rings. The number of nitrogens with zero attached hydrogens (tertiary/aromatic N) is 2. The summed E-state index contributed by atoms with van der Waals surface area (Å²) in [7, 11) is 0. The number of anilines is 2. The summed E-state index contributed by atoms with van der Waals surface area (Å²) in [4.78, 5) is 12.7. The van der Waals surface area contributed by atoms with Crippen molar-refractivity contribution in [3.8, 4) is 11.1 Å². The molecule has 164 valence electrons. The molecule has 32 heavy (non-hydrogen) atoms. The summed E-state index contributed by atoms with van der Waals surface area (Å²) in [6.45, 7) is 6.42. The van der Waals surface area contributed by atoms with Gasteiger partial charge in [0.05, 0.1) is 5.69 Å². The molecule has 4 rings (SSSR count). The van der Waals surface area contributed by atoms with E-state index in [-0.39, 0.29) is 17.6 Å². The third kappa shape index (κ3) is 5.11. The Morgan fingerprint density at radius 3 is 2.34 bits per heavy atom. The first kappa shape index (κ1) is 21.9. The number of nitrogens with one attached hydrogen (secondary N) is 2. The Balaban J connectivity index is 1.58. The van der Waals surface area contributed by atoms with Gasteiger partial charge < -0.3 is 10.6 Å². The molecule has 1 unspecified atom stereocenters. The van der Waals surface area contributed by atoms with Gasteiger partial charge in [0.1, 0.15) is 6.17 Å². The molecule has 1 aliphatic heterocycles. The number of carbonyl (C=O) groups is 1. The normalized spacial score (nSPS) is 15.9. The average Bonchev–Trinajstić information content (AvgIpc) is 3.20. The number of halogens is 1. The van der Waals surface area contributed by atoms with E-state index in [0.717, 1.165) is 22.5 Å². The first-order valence-electron chi connectivity index (χ1n) is 10.7. The molecule has 0 radical (unpaired) electrons. The molecule has 0 spiro atoms. The second-order valence-electron chi connectivity index (χ2n) is 8.88. The lowest BCUT2D eigenvalue weighted by atomic mass is 9.88. The Hall–Kier alpha value is -3.31. The number of hydrogen-bond donors (Lipinski definition) is 2. The van der Waals surface area contributed by atoms with E-state index in [2.05, 4.69) is 55.7 Å². The number of benzene rings is 3. The van der Waals surface area contributed by atoms with Crippen LogP contribution in [0.5, 0.6) is 0 Å². The molecule has 0 saturated heterocycles. The summed E-state index contributed by atoms with van der Waals surface area (Å²) in [6.07, 6.45) is 0.357. The summed E-state index contributed by atoms with van der Waals surface area (Å²) in [5.74, 6) is 0. The van der Waals surface area contributed by atoms with Gasteiger partial charge in [-0.3, -0.25) is 0 Å². The molecular weight excluding hydrogens is 420 g/mol. The van der Waals surface area contributed by atoms with Crippen molar-refractivity contribution in [1.29, 1.82) is 0 Å². The van der Waals surface area contributed by atoms with Gasteiger partial charge in [-0.05, 0) is 47.5 Å². The third-order valence-corrected chi connectivity index (χ3v) is 5.65. The van der Waals surface area contributed by atoms with Crippen LogP contribution in [0.25, 0.3) is 11.1 Å². The number of rotatable bonds is 4. The van der Waals surface area contributed by atoms with E-state index in [1.54, 1.807) is 24.3 Å². The Kier molecular flexibility index (Phi) is 6.19. The number of carbonyl (C=O) groups excluding carboxylic acids is 1. The van der Waals surface area contributed by atoms with E-state index in [9.17, 15) is 4.79 Å². The summed E-state index contributed by atoms with van der Waals surface area (Å²) in [5, 5.41) is 13.4. The maximum Gasteiger partial charge on any atom is 0.320 e. The highest BCUT2D eigenvalue weighted by atomic mass is 35.5. The van der Waals surface area contributed by atoms with Gasteiger partial charge in [-0.15, -0.1) is 0 Å². The van der Waals surface area contributed by atoms with Crippen LogP contribution < -0.4 is 15.6 Å². The second kappa shape index (κ2) is 9.05. The second-order valence-corrected chi connectivity index (χ2v) is 9.32. The molecule has 2 amide bonds. The van der Waals surface area contributed by atoms with Crippen molar-refractivity contribution in [2.24, 2.45) is 10.5 Å². The molecule has 3 aromatic carbocycles. The smallest absolute Gasteiger partial charge is 0.315 e. The largest absolute Gasteiger partial charge is 0.320 e. The minimum Gasteiger partial charge on any atom is -0.315 e. The van der Waals surface area contributed by atoms with Crippen LogP contribution in [0, 0.1) is 5.41 Å². The quantitative estimate of drug-likeness (QED) is 0.464. The zero-order chi connectivity index (χ0) is 22.7. The van der Waals surface area contributed by atoms with Gasteiger partial charge in [-0.25, -0.2) is 9.80 Å². The van der Waals surface area contributed by atoms with Crippen molar-refractivity contribution >= 4 is 34.7 Å². The number of amides is 2. The highest BCUT2D eigenvalue weighted by Gasteiger charge is 2.34. The Labute approximate surface area is 194 Å². The predicted octanol–water partition coefficient (Wildman–Crippen LogP) is 6.77. The maximum atomic E-state index is 12.7. The molecule has 1 atom stereocenters. The third-order valence-electron chi connectivity index (χ3n) is 5.39. The molecule has 0 aromatic heterocycles. The Bertz CT molecular complexity index is 1120. The molecular formula is C26H27ClN4O. The van der Waals surface area contributed by atoms with Crippen molar-refractivity contribution in [3.05, 3.63) is 83.9 Å². The van der Waals surface area contributed by atoms with Crippen LogP contribution in [-0.4, -0.2) is 17.9 Å². The average molecular weight is 447 g/mol. The van der Waals surface area contributed by atoms with E-state index in [0.29, 0.717) is 17.1 Å². The van der Waals surface area contributed by atoms with Gasteiger partial charge in [0.15, 0.2) is 0 Å². The van der Waals surface area contributed by atoms with Crippen molar-refractivity contribution in [2.75, 3.05) is 10.3 Å². The van der Waals surface area contributed by atoms with Gasteiger partial charge in [0, 0.05) is 28.3 Å². The van der Waals surface area contributed by atoms with Crippen LogP contribution >= 0.6 is 11.6 Å². The van der Waals surface area contributed by atoms with E-state index < -0.39 is 0 Å². The summed E-state index contributed by atoms with van der Waals surface area (Å²) < 4.78 is 0. The molecule has 5 nitrogen and oxygen atoms in total. The Morgan fingerprint density at radius 1 is 0.969 bits per heavy atom. The molecule has 0 bridgehead atoms. The SMILES string of the molecule is CC(C)(C)C1=NN(c2cccc(-c3ccccc3)c2)C(NC(=O)Nc2ccc(Cl)cc2)C1. The topological polar surface area (TPSA) is 56.7 Å². The van der Waals surface area contributed by atoms with Crippen molar-refractivity contribution in [1.82, 2.24) is 5.32 Å². The van der Waals surface area contributed by atoms with Crippen molar-refractivity contribution in [2.45, 2.75) is 33.4 Å². The summed E-state index contributed by atoms with van der Waals surface area (Å²) in [6, 6.07) is 25.2. The van der Waals surface area contributed by atoms with Crippen molar-refractivity contribution < 1.29 is 4.79 Å². The van der Waals surface area contributed by atoms with Crippen LogP contribution in [0.4, 0.5) is 16.2 Å². The van der Waals surface area contributed by atoms with Gasteiger partial charge in [-0.1, -0.05) is 74.8 Å². The van der Waals surface area contributed by atoms with E-state index in [4.69, 9.17) is 16.7 Å². The lowest BCUT2D eigenvalue weighted by molar-refractivity contribution is 0.248. The maximum absolute atomic E-state index is 12.7. The molecule has 1 heterocycles. The fourth-order valence-electron chi connectivity index (χ4n) is 3.63. The molecule has 0 aliphatic carbocycles. The predicted molar refractivity (Wildman–Crippen MR) is 133 cm³/mol. The molecule has 6 heteroatoms. The molecule has 0 fully saturated rings. The standard InChI is InChI=1S/C26H27ClN4O/c1-26(2,3)23-17-24(29-25(32)28-21-14-12-20(27)13-15-21)31(30-23)22-11-7-10-19(16-22)18-8-5-4-6-9-18/h4-16,24H,17H2,1-3H3,(H2,28,29,32). The first-order chi connectivity index (χ1) is 15.3. The van der Waals surface area contributed by atoms with E-state index >= 15 is 0 Å². The fraction of sp³-hybridized carbons (Fsp3) is 0.231. The number of urea groups is 1. The fourth-order valence-corrected chi connectivity index (χ4v) is 3.75. The van der Waals surface area contributed by atoms with Crippen LogP contribution in [0.15, 0.2) is 84.0 Å². The molecule has 2 N–H and O–H groups in total. The lowest BCUT2D eigenvalue weighted by Crippen LogP contribution is -2.45. The minimum atomic E-state index is -0.289. The monoisotopic (exact) mass is 446 g/mol. The zero-order valence-corrected chi connectivity index (χ0v) is 19.2. The number of hydrogen-bond acceptors (Lipinski definition) is 3. The van der Waals surface area contributed by atoms with Gasteiger partial charge in [-0.2, -0.15) is 5.10 Å². The van der Waals surface area contributed by atoms with Crippen LogP contribution in [-0.2, 0) is 0 Å². The van der Waals surface area contributed by atoms with E-state index in [1.807, 2.05) is 35.3 Å². The van der Waals surface area contributed by atoms with Gasteiger partial charge in [0.25, 0.3) is 0 Å². The Morgan fingerprint density at radius 2 is 1.66 bits per heavy atom. The van der Waals surface area contributed by atoms with Crippen LogP contribution in [0.2, 0.25) is 5.02 Å². The van der Waals surface area contributed by atoms with Crippen molar-refractivity contribution in [3.63, 3.8) is 0 Å². The van der Waals surface area contributed by atoms with Gasteiger partial charge in [0.2, 0.25) is 0 Å². The van der Waals surface area contributed by atoms with Crippen LogP contribution in [0.1, 0.15) is 27.2 Å². The zero-order valence-electron chi connectivity index (χ0n) is 18.5. The summed E-state index contributed by atoms with van der Waals surface area (Å²) in [5.41, 5.74) is 4.80. The highest BCUT2D eigenvalue weighted by Crippen LogP contribution is 2.32. The molecule has 0 saturated carbocycles.